The van der Waals surface area contributed by atoms with Crippen LogP contribution in [0.25, 0.3) is 0 Å². The number of rotatable bonds is 31. The Morgan fingerprint density at radius 3 is 1.31 bits per heavy atom. The van der Waals surface area contributed by atoms with Crippen molar-refractivity contribution in [2.45, 2.75) is 192 Å². The predicted molar refractivity (Wildman–Crippen MR) is 275 cm³/mol. The quantitative estimate of drug-likeness (QED) is 0.0336. The van der Waals surface area contributed by atoms with Crippen LogP contribution in [0.3, 0.4) is 0 Å². The number of thioether (sulfide) groups is 4. The van der Waals surface area contributed by atoms with Gasteiger partial charge in [-0.1, -0.05) is 144 Å². The van der Waals surface area contributed by atoms with Gasteiger partial charge in [0.2, 0.25) is 0 Å². The van der Waals surface area contributed by atoms with E-state index in [9.17, 15) is 24.9 Å². The van der Waals surface area contributed by atoms with Crippen LogP contribution in [-0.4, -0.2) is 91.6 Å². The standard InChI is InChI=1S/C31H50N2O4S5.C8H11NO2S2.C4H10O2.CH4/c1-5-6-7-8-9-10-11-12-13-16-23-40-29(39)42-31(4,25-33)20-18-28(35)37-22-15-14-21-36-27(34)17-19-30(3,24-32)41-26(2)38;1-6(12)13-8(2,5-9)4-3-7(10)11;5-3-1-2-4-6;/h5-23H2,1-4H3;3-4H2,1-2H3,(H,10,11);5-6H,1-4H2;1H4/i;;;1D. The van der Waals surface area contributed by atoms with Crippen LogP contribution in [0.2, 0.25) is 0 Å². The highest BCUT2D eigenvalue weighted by molar-refractivity contribution is 8.47. The van der Waals surface area contributed by atoms with Gasteiger partial charge in [-0.2, -0.15) is 15.8 Å². The van der Waals surface area contributed by atoms with Gasteiger partial charge in [-0.25, -0.2) is 0 Å². The van der Waals surface area contributed by atoms with Gasteiger partial charge in [0.1, 0.15) is 17.8 Å². The minimum atomic E-state index is -0.885. The number of unbranched alkanes of at least 4 members (excludes halogenated alkanes) is 11. The number of thiocarbonyl (C=S) groups is 3. The number of aliphatic hydroxyl groups is 2. The molecule has 62 heavy (non-hydrogen) atoms. The summed E-state index contributed by atoms with van der Waals surface area (Å²) < 4.78 is 16.1. The molecule has 0 fully saturated rings. The van der Waals surface area contributed by atoms with Crippen molar-refractivity contribution in [1.29, 1.82) is 15.8 Å². The number of nitriles is 3. The fraction of sp³-hybridized carbons (Fsp3) is 0.795. The lowest BCUT2D eigenvalue weighted by atomic mass is 10.1. The van der Waals surface area contributed by atoms with Crippen LogP contribution in [0.1, 0.15) is 179 Å². The average Bonchev–Trinajstić information content (AvgIpc) is 3.24. The van der Waals surface area contributed by atoms with E-state index < -0.39 is 20.2 Å². The van der Waals surface area contributed by atoms with Gasteiger partial charge in [-0.05, 0) is 91.7 Å². The first-order valence-electron chi connectivity index (χ1n) is 22.0. The van der Waals surface area contributed by atoms with Gasteiger partial charge < -0.3 is 24.8 Å². The third-order valence-electron chi connectivity index (χ3n) is 8.53. The number of aliphatic carboxylic acids is 1. The average molecular weight is 1000 g/mol. The van der Waals surface area contributed by atoms with Crippen LogP contribution in [-0.2, 0) is 23.9 Å². The molecule has 0 radical (unpaired) electrons. The molecule has 0 aliphatic carbocycles. The minimum absolute atomic E-state index is 0.000324. The summed E-state index contributed by atoms with van der Waals surface area (Å²) >= 11 is 21.0. The van der Waals surface area contributed by atoms with E-state index in [-0.39, 0.29) is 57.6 Å². The molecule has 0 saturated heterocycles. The first-order valence-corrected chi connectivity index (χ1v) is 25.7. The SMILES string of the molecule is CC(=S)SC(C)(C#N)CCC(=O)O.CCCCCCCCCCCCSC(=S)SC(C)(C#N)CCC(=O)OCCCCOC(=O)CCC(C)(C#N)SC(C)=S.OCCCCO.[2H]C. The molecule has 11 nitrogen and oxygen atoms in total. The van der Waals surface area contributed by atoms with E-state index in [1.807, 2.05) is 6.92 Å². The molecule has 0 heterocycles. The molecule has 0 aromatic heterocycles. The van der Waals surface area contributed by atoms with Crippen LogP contribution in [0.15, 0.2) is 0 Å². The highest BCUT2D eigenvalue weighted by atomic mass is 32.2. The molecule has 0 aliphatic rings. The van der Waals surface area contributed by atoms with Crippen molar-refractivity contribution in [1.82, 2.24) is 0 Å². The lowest BCUT2D eigenvalue weighted by Gasteiger charge is -2.20. The lowest BCUT2D eigenvalue weighted by Crippen LogP contribution is -2.21. The van der Waals surface area contributed by atoms with Gasteiger partial charge in [-0.15, -0.1) is 11.8 Å². The maximum absolute atomic E-state index is 12.2. The summed E-state index contributed by atoms with van der Waals surface area (Å²) in [4.78, 5) is 34.5. The number of carbonyl (C=O) groups is 3. The molecule has 0 aliphatic heterocycles. The van der Waals surface area contributed by atoms with Gasteiger partial charge >= 0.3 is 17.9 Å². The molecule has 18 heteroatoms. The first kappa shape index (κ1) is 64.8. The molecule has 356 valence electrons. The van der Waals surface area contributed by atoms with E-state index in [2.05, 4.69) is 25.1 Å². The zero-order valence-corrected chi connectivity index (χ0v) is 44.0. The van der Waals surface area contributed by atoms with E-state index in [1.165, 1.54) is 100 Å². The number of carboxylic acid groups (broad SMARTS) is 1. The number of ether oxygens (including phenoxy) is 2. The van der Waals surface area contributed by atoms with Crippen molar-refractivity contribution in [2.24, 2.45) is 0 Å². The summed E-state index contributed by atoms with van der Waals surface area (Å²) in [5, 5.41) is 52.5. The second-order valence-electron chi connectivity index (χ2n) is 14.8. The molecule has 0 aromatic rings. The first-order chi connectivity index (χ1) is 29.8. The van der Waals surface area contributed by atoms with Crippen molar-refractivity contribution >= 4 is 114 Å². The fourth-order valence-electron chi connectivity index (χ4n) is 4.95. The molecular formula is C44H75N3O8S7. The van der Waals surface area contributed by atoms with Crippen LogP contribution in [0.4, 0.5) is 0 Å². The van der Waals surface area contributed by atoms with Crippen molar-refractivity contribution in [3.63, 3.8) is 0 Å². The number of hydrogen-bond donors (Lipinski definition) is 3. The van der Waals surface area contributed by atoms with Gasteiger partial charge in [0.25, 0.3) is 0 Å². The second-order valence-corrected chi connectivity index (χ2v) is 23.8. The van der Waals surface area contributed by atoms with Crippen LogP contribution in [0, 0.1) is 34.0 Å². The molecule has 0 bridgehead atoms. The number of carbonyl (C=O) groups excluding carboxylic acids is 2. The molecule has 0 saturated carbocycles. The summed E-state index contributed by atoms with van der Waals surface area (Å²) in [7, 11) is 1.25. The van der Waals surface area contributed by atoms with E-state index in [0.29, 0.717) is 40.5 Å². The number of nitrogens with zero attached hydrogens (tertiary/aromatic N) is 3. The summed E-state index contributed by atoms with van der Waals surface area (Å²) in [6.07, 6.45) is 16.9. The van der Waals surface area contributed by atoms with E-state index in [4.69, 9.17) is 68.1 Å². The zero-order chi connectivity index (χ0) is 49.0. The third-order valence-corrected chi connectivity index (χ3v) is 13.9. The summed E-state index contributed by atoms with van der Waals surface area (Å²) in [5.41, 5.74) is 0. The molecule has 3 unspecified atom stereocenters. The van der Waals surface area contributed by atoms with Crippen molar-refractivity contribution < 1.29 is 40.5 Å². The Labute approximate surface area is 409 Å². The maximum Gasteiger partial charge on any atom is 0.305 e. The van der Waals surface area contributed by atoms with Crippen molar-refractivity contribution in [3.05, 3.63) is 0 Å². The Kier molecular flexibility index (Phi) is 45.3. The maximum atomic E-state index is 12.2. The largest absolute Gasteiger partial charge is 0.481 e. The molecular weight excluding hydrogens is 923 g/mol. The topological polar surface area (TPSA) is 202 Å². The van der Waals surface area contributed by atoms with E-state index >= 15 is 0 Å². The molecule has 0 spiro atoms. The minimum Gasteiger partial charge on any atom is -0.481 e. The molecule has 0 aromatic carbocycles. The van der Waals surface area contributed by atoms with Gasteiger partial charge in [0.15, 0.2) is 0 Å². The van der Waals surface area contributed by atoms with Gasteiger partial charge in [0, 0.05) is 42.2 Å². The predicted octanol–water partition coefficient (Wildman–Crippen LogP) is 12.3. The molecule has 0 rings (SSSR count). The summed E-state index contributed by atoms with van der Waals surface area (Å²) in [6, 6.07) is 6.60. The third kappa shape index (κ3) is 45.1. The number of carboxylic acids is 1. The van der Waals surface area contributed by atoms with Gasteiger partial charge in [-0.3, -0.25) is 14.4 Å². The molecule has 3 N–H and O–H groups in total. The van der Waals surface area contributed by atoms with Crippen molar-refractivity contribution in [2.75, 3.05) is 32.2 Å². The molecule has 0 amide bonds. The Bertz CT molecular complexity index is 1410. The van der Waals surface area contributed by atoms with Crippen LogP contribution in [0.5, 0.6) is 0 Å². The van der Waals surface area contributed by atoms with Gasteiger partial charge in [0.05, 0.1) is 31.4 Å². The lowest BCUT2D eigenvalue weighted by molar-refractivity contribution is -0.146. The Morgan fingerprint density at radius 1 is 0.613 bits per heavy atom. The number of hydrogen-bond acceptors (Lipinski definition) is 17. The van der Waals surface area contributed by atoms with Crippen molar-refractivity contribution in [3.8, 4) is 18.2 Å². The normalized spacial score (nSPS) is 13.2. The second kappa shape index (κ2) is 43.4. The Hall–Kier alpha value is -1.53. The highest BCUT2D eigenvalue weighted by Gasteiger charge is 2.29. The number of esters is 2. The highest BCUT2D eigenvalue weighted by Crippen LogP contribution is 2.35. The number of aliphatic hydroxyl groups excluding tert-OH is 2. The zero-order valence-electron chi connectivity index (χ0n) is 39.3. The van der Waals surface area contributed by atoms with Crippen LogP contribution >= 0.6 is 83.7 Å². The Balaban J connectivity index is -0.000000677. The van der Waals surface area contributed by atoms with Crippen LogP contribution < -0.4 is 0 Å². The molecule has 3 atom stereocenters. The summed E-state index contributed by atoms with van der Waals surface area (Å²) in [5.74, 6) is -0.624. The summed E-state index contributed by atoms with van der Waals surface area (Å²) in [6.45, 7) is 11.9. The van der Waals surface area contributed by atoms with E-state index in [1.54, 1.807) is 39.5 Å². The monoisotopic (exact) mass is 998 g/mol. The van der Waals surface area contributed by atoms with E-state index in [0.717, 1.165) is 28.5 Å². The Morgan fingerprint density at radius 2 is 0.968 bits per heavy atom. The fourth-order valence-corrected chi connectivity index (χ4v) is 10.8. The smallest absolute Gasteiger partial charge is 0.305 e.